The predicted octanol–water partition coefficient (Wildman–Crippen LogP) is 16.7. The van der Waals surface area contributed by atoms with E-state index in [0.29, 0.717) is 5.56 Å². The number of fused-ring (bicyclic) bond motifs is 6. The minimum atomic E-state index is -2.41. The van der Waals surface area contributed by atoms with Crippen molar-refractivity contribution in [3.8, 4) is 11.1 Å². The highest BCUT2D eigenvalue weighted by Gasteiger charge is 2.49. The predicted molar refractivity (Wildman–Crippen MR) is 310 cm³/mol. The Kier molecular flexibility index (Phi) is 9.44. The fourth-order valence-corrected chi connectivity index (χ4v) is 14.1. The maximum atomic E-state index is 9.30. The van der Waals surface area contributed by atoms with Gasteiger partial charge in [0.25, 0.3) is 6.71 Å². The van der Waals surface area contributed by atoms with Gasteiger partial charge in [-0.3, -0.25) is 0 Å². The maximum absolute atomic E-state index is 9.30. The molecule has 0 fully saturated rings. The van der Waals surface area contributed by atoms with E-state index in [1.807, 2.05) is 12.1 Å². The van der Waals surface area contributed by atoms with Gasteiger partial charge in [-0.1, -0.05) is 161 Å². The first-order valence-electron chi connectivity index (χ1n) is 27.7. The topological polar surface area (TPSA) is 9.72 Å². The minimum Gasteiger partial charge on any atom is -0.311 e. The van der Waals surface area contributed by atoms with Crippen LogP contribution >= 0.6 is 0 Å². The number of hydrogen-bond acceptors (Lipinski definition) is 3. The van der Waals surface area contributed by atoms with Crippen LogP contribution in [0.1, 0.15) is 132 Å². The molecular formula is C68H70BN3. The van der Waals surface area contributed by atoms with Crippen molar-refractivity contribution in [2.24, 2.45) is 0 Å². The first-order chi connectivity index (χ1) is 35.3. The van der Waals surface area contributed by atoms with E-state index < -0.39 is 6.85 Å². The number of nitrogens with zero attached hydrogens (tertiary/aromatic N) is 3. The lowest BCUT2D eigenvalue weighted by Gasteiger charge is -2.46. The van der Waals surface area contributed by atoms with Crippen molar-refractivity contribution in [1.29, 1.82) is 0 Å². The molecule has 4 aliphatic rings. The van der Waals surface area contributed by atoms with Gasteiger partial charge in [0.1, 0.15) is 0 Å². The molecule has 3 nitrogen and oxygen atoms in total. The molecule has 0 unspecified atom stereocenters. The van der Waals surface area contributed by atoms with Crippen molar-refractivity contribution >= 4 is 74.3 Å². The van der Waals surface area contributed by atoms with E-state index in [-0.39, 0.29) is 33.8 Å². The lowest BCUT2D eigenvalue weighted by molar-refractivity contribution is 0.402. The van der Waals surface area contributed by atoms with Crippen LogP contribution in [0.4, 0.5) is 51.2 Å². The van der Waals surface area contributed by atoms with E-state index in [1.54, 1.807) is 0 Å². The van der Waals surface area contributed by atoms with E-state index in [0.717, 1.165) is 86.2 Å². The molecule has 8 aromatic carbocycles. The largest absolute Gasteiger partial charge is 0.311 e. The summed E-state index contributed by atoms with van der Waals surface area (Å²) in [5.41, 5.74) is 22.9. The Morgan fingerprint density at radius 1 is 0.472 bits per heavy atom. The molecule has 12 rings (SSSR count). The monoisotopic (exact) mass is 943 g/mol. The molecule has 2 aliphatic heterocycles. The molecule has 0 amide bonds. The van der Waals surface area contributed by atoms with Crippen LogP contribution in [0.25, 0.3) is 11.1 Å². The molecule has 72 heavy (non-hydrogen) atoms. The zero-order chi connectivity index (χ0) is 52.9. The third kappa shape index (κ3) is 7.14. The van der Waals surface area contributed by atoms with Crippen LogP contribution in [-0.2, 0) is 27.1 Å². The van der Waals surface area contributed by atoms with Crippen molar-refractivity contribution < 1.29 is 4.11 Å². The van der Waals surface area contributed by atoms with Gasteiger partial charge in [0.05, 0.1) is 5.69 Å². The molecule has 0 aromatic heterocycles. The molecule has 0 saturated heterocycles. The van der Waals surface area contributed by atoms with Gasteiger partial charge in [0.2, 0.25) is 0 Å². The molecule has 0 bridgehead atoms. The van der Waals surface area contributed by atoms with Gasteiger partial charge in [0, 0.05) is 55.2 Å². The maximum Gasteiger partial charge on any atom is 0.252 e. The summed E-state index contributed by atoms with van der Waals surface area (Å²) in [5, 5.41) is 0. The van der Waals surface area contributed by atoms with Gasteiger partial charge < -0.3 is 14.7 Å². The molecule has 0 N–H and O–H groups in total. The summed E-state index contributed by atoms with van der Waals surface area (Å²) in [6.07, 6.45) is 2.06. The summed E-state index contributed by atoms with van der Waals surface area (Å²) in [4.78, 5) is 7.28. The van der Waals surface area contributed by atoms with Gasteiger partial charge in [0.15, 0.2) is 0 Å². The summed E-state index contributed by atoms with van der Waals surface area (Å²) < 4.78 is 27.9. The van der Waals surface area contributed by atoms with Crippen LogP contribution in [0.2, 0.25) is 0 Å². The van der Waals surface area contributed by atoms with Crippen molar-refractivity contribution in [2.75, 3.05) is 14.7 Å². The van der Waals surface area contributed by atoms with Crippen LogP contribution in [0, 0.1) is 13.8 Å². The fourth-order valence-electron chi connectivity index (χ4n) is 14.1. The van der Waals surface area contributed by atoms with E-state index in [2.05, 4.69) is 249 Å². The lowest BCUT2D eigenvalue weighted by Crippen LogP contribution is -2.61. The Morgan fingerprint density at radius 3 is 1.51 bits per heavy atom. The van der Waals surface area contributed by atoms with Gasteiger partial charge in [-0.05, 0) is 193 Å². The highest BCUT2D eigenvalue weighted by molar-refractivity contribution is 7.00. The van der Waals surface area contributed by atoms with E-state index in [4.69, 9.17) is 0 Å². The third-order valence-corrected chi connectivity index (χ3v) is 16.9. The minimum absolute atomic E-state index is 0.00636. The molecule has 2 aliphatic carbocycles. The highest BCUT2D eigenvalue weighted by Crippen LogP contribution is 2.56. The molecule has 0 radical (unpaired) electrons. The third-order valence-electron chi connectivity index (χ3n) is 16.9. The van der Waals surface area contributed by atoms with Crippen LogP contribution < -0.4 is 31.1 Å². The van der Waals surface area contributed by atoms with Crippen molar-refractivity contribution in [2.45, 2.75) is 130 Å². The molecule has 2 heterocycles. The quantitative estimate of drug-likeness (QED) is 0.154. The smallest absolute Gasteiger partial charge is 0.252 e. The Labute approximate surface area is 434 Å². The average molecular weight is 943 g/mol. The van der Waals surface area contributed by atoms with Gasteiger partial charge in [-0.15, -0.1) is 0 Å². The summed E-state index contributed by atoms with van der Waals surface area (Å²) in [7, 11) is 0. The van der Waals surface area contributed by atoms with Gasteiger partial charge >= 0.3 is 0 Å². The van der Waals surface area contributed by atoms with E-state index >= 15 is 0 Å². The number of rotatable bonds is 6. The Hall–Kier alpha value is -6.78. The molecule has 4 heteroatoms. The molecule has 0 spiro atoms. The zero-order valence-corrected chi connectivity index (χ0v) is 44.4. The number of aryl methyl sites for hydroxylation is 2. The summed E-state index contributed by atoms with van der Waals surface area (Å²) in [6.45, 7) is 25.6. The standard InChI is InChI=1S/C68H70BN3/c1-43-33-61-63-62(34-43)72(59-39-53-51(35-44(59)2)65(6,7)41-67(53,10)11)58-32-30-49(70(47-25-19-15-20-26-47)48-27-21-16-22-28-48)37-55(58)69(63)56-38-52-54(68(12,13)42-66(52,8)9)40-60(56)71(61)57-31-29-46(64(3,4)5)36-50(57)45-23-17-14-18-24-45/h14-40H,41-42H2,1-13H3/i1D3. The molecular weight excluding hydrogens is 870 g/mol. The van der Waals surface area contributed by atoms with Crippen molar-refractivity contribution in [3.63, 3.8) is 0 Å². The molecule has 0 atom stereocenters. The summed E-state index contributed by atoms with van der Waals surface area (Å²) in [5.74, 6) is 0. The first kappa shape index (κ1) is 42.9. The number of benzene rings is 8. The van der Waals surface area contributed by atoms with Crippen LogP contribution in [-0.4, -0.2) is 6.71 Å². The summed E-state index contributed by atoms with van der Waals surface area (Å²) in [6, 6.07) is 60.2. The van der Waals surface area contributed by atoms with Crippen molar-refractivity contribution in [3.05, 3.63) is 203 Å². The number of para-hydroxylation sites is 2. The van der Waals surface area contributed by atoms with Gasteiger partial charge in [-0.25, -0.2) is 0 Å². The highest BCUT2D eigenvalue weighted by atomic mass is 15.2. The Bertz CT molecular complexity index is 3570. The van der Waals surface area contributed by atoms with Gasteiger partial charge in [-0.2, -0.15) is 0 Å². The second-order valence-electron chi connectivity index (χ2n) is 25.2. The van der Waals surface area contributed by atoms with E-state index in [1.165, 1.54) is 38.7 Å². The first-order valence-corrected chi connectivity index (χ1v) is 26.2. The second kappa shape index (κ2) is 15.9. The molecule has 0 saturated carbocycles. The normalized spacial score (nSPS) is 18.0. The van der Waals surface area contributed by atoms with Crippen LogP contribution in [0.15, 0.2) is 164 Å². The van der Waals surface area contributed by atoms with Crippen molar-refractivity contribution in [1.82, 2.24) is 0 Å². The number of anilines is 9. The second-order valence-corrected chi connectivity index (χ2v) is 25.2. The molecule has 8 aromatic rings. The average Bonchev–Trinajstić information content (AvgIpc) is 3.67. The number of hydrogen-bond donors (Lipinski definition) is 0. The molecule has 360 valence electrons. The Balaban J connectivity index is 1.24. The Morgan fingerprint density at radius 2 is 0.958 bits per heavy atom. The summed E-state index contributed by atoms with van der Waals surface area (Å²) >= 11 is 0. The van der Waals surface area contributed by atoms with Crippen LogP contribution in [0.5, 0.6) is 0 Å². The lowest BCUT2D eigenvalue weighted by atomic mass is 9.33. The zero-order valence-electron chi connectivity index (χ0n) is 47.4. The SMILES string of the molecule is [2H]C([2H])([2H])c1cc2c3c(c1)N(c1ccc(C(C)(C)C)cc1-c1ccccc1)c1cc4c(cc1B3c1cc(N(c3ccccc3)c3ccccc3)ccc1N2c1cc2c(cc1C)C(C)(C)CC2(C)C)C(C)(C)CC4(C)C. The van der Waals surface area contributed by atoms with Crippen LogP contribution in [0.3, 0.4) is 0 Å². The van der Waals surface area contributed by atoms with E-state index in [9.17, 15) is 4.11 Å². The fraction of sp³-hybridized carbons (Fsp3) is 0.294.